The van der Waals surface area contributed by atoms with E-state index in [2.05, 4.69) is 0 Å². The Morgan fingerprint density at radius 2 is 2.31 bits per heavy atom. The first-order valence-electron chi connectivity index (χ1n) is 4.92. The van der Waals surface area contributed by atoms with Crippen LogP contribution in [0.4, 0.5) is 4.39 Å². The van der Waals surface area contributed by atoms with Crippen molar-refractivity contribution < 1.29 is 14.3 Å². The van der Waals surface area contributed by atoms with E-state index in [9.17, 15) is 9.18 Å². The van der Waals surface area contributed by atoms with Gasteiger partial charge in [-0.05, 0) is 36.6 Å². The molecule has 0 aliphatic rings. The Labute approximate surface area is 93.1 Å². The first-order chi connectivity index (χ1) is 7.54. The fourth-order valence-corrected chi connectivity index (χ4v) is 1.54. The molecule has 1 rings (SSSR count). The van der Waals surface area contributed by atoms with Crippen molar-refractivity contribution in [1.82, 2.24) is 0 Å². The van der Waals surface area contributed by atoms with Crippen LogP contribution in [-0.2, 0) is 4.79 Å². The third kappa shape index (κ3) is 3.06. The average Bonchev–Trinajstić information content (AvgIpc) is 2.23. The zero-order chi connectivity index (χ0) is 12.1. The highest BCUT2D eigenvalue weighted by atomic mass is 19.1. The summed E-state index contributed by atoms with van der Waals surface area (Å²) >= 11 is 0. The molecule has 0 amide bonds. The highest BCUT2D eigenvalue weighted by molar-refractivity contribution is 5.66. The largest absolute Gasteiger partial charge is 0.481 e. The standard InChI is InChI=1S/C12H12FNO2/c1-8-2-4-10(13)6-11(8)9(7-14)3-5-12(15)16/h2,4,6,9H,3,5H2,1H3,(H,15,16). The average molecular weight is 221 g/mol. The van der Waals surface area contributed by atoms with Crippen LogP contribution in [0.3, 0.4) is 0 Å². The normalized spacial score (nSPS) is 11.8. The summed E-state index contributed by atoms with van der Waals surface area (Å²) in [4.78, 5) is 10.4. The van der Waals surface area contributed by atoms with E-state index >= 15 is 0 Å². The zero-order valence-electron chi connectivity index (χ0n) is 8.90. The molecule has 0 radical (unpaired) electrons. The van der Waals surface area contributed by atoms with E-state index in [1.807, 2.05) is 6.07 Å². The number of carbonyl (C=O) groups is 1. The summed E-state index contributed by atoms with van der Waals surface area (Å²) in [5, 5.41) is 17.5. The molecule has 0 aromatic heterocycles. The van der Waals surface area contributed by atoms with Gasteiger partial charge in [0, 0.05) is 6.42 Å². The summed E-state index contributed by atoms with van der Waals surface area (Å²) in [7, 11) is 0. The number of hydrogen-bond donors (Lipinski definition) is 1. The first kappa shape index (κ1) is 12.2. The third-order valence-corrected chi connectivity index (χ3v) is 2.42. The highest BCUT2D eigenvalue weighted by Gasteiger charge is 2.15. The van der Waals surface area contributed by atoms with Crippen LogP contribution in [-0.4, -0.2) is 11.1 Å². The van der Waals surface area contributed by atoms with Gasteiger partial charge >= 0.3 is 5.97 Å². The van der Waals surface area contributed by atoms with Crippen LogP contribution in [0, 0.1) is 24.1 Å². The van der Waals surface area contributed by atoms with Crippen molar-refractivity contribution in [3.8, 4) is 6.07 Å². The summed E-state index contributed by atoms with van der Waals surface area (Å²) in [5.41, 5.74) is 1.38. The van der Waals surface area contributed by atoms with Crippen LogP contribution in [0.25, 0.3) is 0 Å². The fraction of sp³-hybridized carbons (Fsp3) is 0.333. The van der Waals surface area contributed by atoms with Crippen molar-refractivity contribution in [2.75, 3.05) is 0 Å². The van der Waals surface area contributed by atoms with Gasteiger partial charge in [0.25, 0.3) is 0 Å². The Balaban J connectivity index is 2.91. The van der Waals surface area contributed by atoms with Crippen molar-refractivity contribution in [3.05, 3.63) is 35.1 Å². The van der Waals surface area contributed by atoms with E-state index in [0.29, 0.717) is 5.56 Å². The smallest absolute Gasteiger partial charge is 0.303 e. The lowest BCUT2D eigenvalue weighted by Gasteiger charge is -2.11. The Morgan fingerprint density at radius 3 is 2.88 bits per heavy atom. The van der Waals surface area contributed by atoms with Crippen LogP contribution >= 0.6 is 0 Å². The van der Waals surface area contributed by atoms with Gasteiger partial charge in [0.05, 0.1) is 12.0 Å². The molecular formula is C12H12FNO2. The molecule has 0 heterocycles. The monoisotopic (exact) mass is 221 g/mol. The van der Waals surface area contributed by atoms with Gasteiger partial charge in [0.2, 0.25) is 0 Å². The molecule has 0 bridgehead atoms. The lowest BCUT2D eigenvalue weighted by molar-refractivity contribution is -0.137. The molecule has 1 atom stereocenters. The second kappa shape index (κ2) is 5.26. The van der Waals surface area contributed by atoms with E-state index in [4.69, 9.17) is 10.4 Å². The molecule has 1 aromatic rings. The molecule has 0 fully saturated rings. The molecule has 1 unspecified atom stereocenters. The predicted octanol–water partition coefficient (Wildman–Crippen LogP) is 2.61. The lowest BCUT2D eigenvalue weighted by Crippen LogP contribution is -2.03. The van der Waals surface area contributed by atoms with Crippen molar-refractivity contribution in [1.29, 1.82) is 5.26 Å². The second-order valence-corrected chi connectivity index (χ2v) is 3.62. The highest BCUT2D eigenvalue weighted by Crippen LogP contribution is 2.24. The molecule has 0 spiro atoms. The van der Waals surface area contributed by atoms with Crippen molar-refractivity contribution >= 4 is 5.97 Å². The number of hydrogen-bond acceptors (Lipinski definition) is 2. The Bertz CT molecular complexity index is 437. The summed E-state index contributed by atoms with van der Waals surface area (Å²) in [6, 6.07) is 6.23. The maximum Gasteiger partial charge on any atom is 0.303 e. The molecule has 3 nitrogen and oxygen atoms in total. The molecule has 0 saturated heterocycles. The second-order valence-electron chi connectivity index (χ2n) is 3.62. The van der Waals surface area contributed by atoms with E-state index in [0.717, 1.165) is 5.56 Å². The molecule has 0 saturated carbocycles. The van der Waals surface area contributed by atoms with Crippen molar-refractivity contribution in [2.24, 2.45) is 0 Å². The molecule has 84 valence electrons. The number of benzene rings is 1. The maximum absolute atomic E-state index is 13.0. The van der Waals surface area contributed by atoms with Crippen molar-refractivity contribution in [3.63, 3.8) is 0 Å². The number of nitrogens with zero attached hydrogens (tertiary/aromatic N) is 1. The minimum atomic E-state index is -0.950. The topological polar surface area (TPSA) is 61.1 Å². The van der Waals surface area contributed by atoms with E-state index < -0.39 is 17.7 Å². The predicted molar refractivity (Wildman–Crippen MR) is 56.4 cm³/mol. The summed E-state index contributed by atoms with van der Waals surface area (Å²) in [5.74, 6) is -1.92. The number of halogens is 1. The minimum Gasteiger partial charge on any atom is -0.481 e. The Kier molecular flexibility index (Phi) is 4.01. The van der Waals surface area contributed by atoms with Gasteiger partial charge in [0.15, 0.2) is 0 Å². The summed E-state index contributed by atoms with van der Waals surface area (Å²) < 4.78 is 13.0. The number of aliphatic carboxylic acids is 1. The lowest BCUT2D eigenvalue weighted by atomic mass is 9.92. The Morgan fingerprint density at radius 1 is 1.62 bits per heavy atom. The zero-order valence-corrected chi connectivity index (χ0v) is 8.90. The van der Waals surface area contributed by atoms with Crippen molar-refractivity contribution in [2.45, 2.75) is 25.7 Å². The van der Waals surface area contributed by atoms with Crippen LogP contribution in [0.5, 0.6) is 0 Å². The molecule has 0 aliphatic carbocycles. The summed E-state index contributed by atoms with van der Waals surface area (Å²) in [6.45, 7) is 1.78. The quantitative estimate of drug-likeness (QED) is 0.850. The van der Waals surface area contributed by atoms with Crippen LogP contribution in [0.15, 0.2) is 18.2 Å². The van der Waals surface area contributed by atoms with E-state index in [1.165, 1.54) is 12.1 Å². The van der Waals surface area contributed by atoms with Gasteiger partial charge in [-0.25, -0.2) is 4.39 Å². The van der Waals surface area contributed by atoms with Crippen LogP contribution in [0.2, 0.25) is 0 Å². The van der Waals surface area contributed by atoms with Gasteiger partial charge < -0.3 is 5.11 Å². The first-order valence-corrected chi connectivity index (χ1v) is 4.92. The molecule has 4 heteroatoms. The Hall–Kier alpha value is -1.89. The van der Waals surface area contributed by atoms with E-state index in [1.54, 1.807) is 13.0 Å². The van der Waals surface area contributed by atoms with Gasteiger partial charge in [-0.15, -0.1) is 0 Å². The number of carboxylic acids is 1. The van der Waals surface area contributed by atoms with Gasteiger partial charge in [0.1, 0.15) is 5.82 Å². The fourth-order valence-electron chi connectivity index (χ4n) is 1.54. The molecule has 1 aromatic carbocycles. The number of nitriles is 1. The number of aryl methyl sites for hydroxylation is 1. The van der Waals surface area contributed by atoms with Crippen LogP contribution < -0.4 is 0 Å². The van der Waals surface area contributed by atoms with Gasteiger partial charge in [-0.1, -0.05) is 6.07 Å². The molecular weight excluding hydrogens is 209 g/mol. The van der Waals surface area contributed by atoms with E-state index in [-0.39, 0.29) is 12.8 Å². The summed E-state index contributed by atoms with van der Waals surface area (Å²) in [6.07, 6.45) is 0.115. The van der Waals surface area contributed by atoms with Gasteiger partial charge in [-0.3, -0.25) is 4.79 Å². The molecule has 16 heavy (non-hydrogen) atoms. The number of rotatable bonds is 4. The molecule has 1 N–H and O–H groups in total. The maximum atomic E-state index is 13.0. The molecule has 0 aliphatic heterocycles. The van der Waals surface area contributed by atoms with Gasteiger partial charge in [-0.2, -0.15) is 5.26 Å². The van der Waals surface area contributed by atoms with Crippen LogP contribution in [0.1, 0.15) is 29.9 Å². The third-order valence-electron chi connectivity index (χ3n) is 2.42. The minimum absolute atomic E-state index is 0.0891. The SMILES string of the molecule is Cc1ccc(F)cc1C(C#N)CCC(=O)O. The number of carboxylic acid groups (broad SMARTS) is 1.